The van der Waals surface area contributed by atoms with Crippen LogP contribution in [0.4, 0.5) is 0 Å². The van der Waals surface area contributed by atoms with Gasteiger partial charge in [-0.1, -0.05) is 43.2 Å². The molecule has 2 fully saturated rings. The van der Waals surface area contributed by atoms with Crippen molar-refractivity contribution in [3.63, 3.8) is 0 Å². The summed E-state index contributed by atoms with van der Waals surface area (Å²) >= 11 is 0. The maximum atomic E-state index is 12.1. The standard InChI is InChI=1S/C22H34N4O3S.HI/c1-2-23-21(24-14-10-20(27)26-19-11-15-30(28,29)16-19)25-17-22(12-6-7-13-22)18-8-4-3-5-9-18;/h3-5,8-9,19H,2,6-7,10-17H2,1H3,(H,26,27)(H2,23,24,25);1H. The van der Waals surface area contributed by atoms with Gasteiger partial charge in [0.25, 0.3) is 0 Å². The number of guanidine groups is 1. The highest BCUT2D eigenvalue weighted by molar-refractivity contribution is 14.0. The zero-order chi connectivity index (χ0) is 21.5. The van der Waals surface area contributed by atoms with Crippen LogP contribution in [0.5, 0.6) is 0 Å². The van der Waals surface area contributed by atoms with Crippen LogP contribution in [0.3, 0.4) is 0 Å². The molecule has 1 aromatic rings. The molecule has 1 aliphatic carbocycles. The highest BCUT2D eigenvalue weighted by atomic mass is 127. The summed E-state index contributed by atoms with van der Waals surface area (Å²) in [5.74, 6) is 0.807. The molecule has 1 saturated heterocycles. The second kappa shape index (κ2) is 12.0. The van der Waals surface area contributed by atoms with E-state index in [4.69, 9.17) is 4.99 Å². The van der Waals surface area contributed by atoms with E-state index in [9.17, 15) is 13.2 Å². The minimum absolute atomic E-state index is 0. The molecule has 1 aliphatic heterocycles. The minimum atomic E-state index is -2.99. The van der Waals surface area contributed by atoms with Crippen molar-refractivity contribution < 1.29 is 13.2 Å². The van der Waals surface area contributed by atoms with Gasteiger partial charge in [-0.05, 0) is 31.7 Å². The van der Waals surface area contributed by atoms with Gasteiger partial charge in [-0.15, -0.1) is 24.0 Å². The van der Waals surface area contributed by atoms with E-state index in [0.29, 0.717) is 13.0 Å². The number of carbonyl (C=O) groups excluding carboxylic acids is 1. The number of amides is 1. The highest BCUT2D eigenvalue weighted by Crippen LogP contribution is 2.41. The molecule has 1 aromatic carbocycles. The van der Waals surface area contributed by atoms with E-state index in [-0.39, 0.29) is 59.3 Å². The lowest BCUT2D eigenvalue weighted by molar-refractivity contribution is -0.121. The SMILES string of the molecule is CCNC(=NCC1(c2ccccc2)CCCC1)NCCC(=O)NC1CCS(=O)(=O)C1.I. The summed E-state index contributed by atoms with van der Waals surface area (Å²) in [7, 11) is -2.99. The number of carbonyl (C=O) groups is 1. The van der Waals surface area contributed by atoms with Crippen LogP contribution >= 0.6 is 24.0 Å². The molecule has 0 bridgehead atoms. The summed E-state index contributed by atoms with van der Waals surface area (Å²) in [6.45, 7) is 3.94. The Morgan fingerprint density at radius 2 is 1.87 bits per heavy atom. The maximum absolute atomic E-state index is 12.1. The number of rotatable bonds is 8. The van der Waals surface area contributed by atoms with Crippen LogP contribution in [-0.4, -0.2) is 57.5 Å². The van der Waals surface area contributed by atoms with Crippen LogP contribution in [-0.2, 0) is 20.0 Å². The number of sulfone groups is 1. The monoisotopic (exact) mass is 562 g/mol. The third-order valence-electron chi connectivity index (χ3n) is 6.07. The number of nitrogens with zero attached hydrogens (tertiary/aromatic N) is 1. The maximum Gasteiger partial charge on any atom is 0.222 e. The summed E-state index contributed by atoms with van der Waals surface area (Å²) in [4.78, 5) is 17.0. The summed E-state index contributed by atoms with van der Waals surface area (Å²) in [5.41, 5.74) is 1.45. The molecule has 2 aliphatic rings. The first-order chi connectivity index (χ1) is 14.4. The lowest BCUT2D eigenvalue weighted by atomic mass is 9.79. The van der Waals surface area contributed by atoms with E-state index < -0.39 is 9.84 Å². The zero-order valence-corrected chi connectivity index (χ0v) is 21.4. The van der Waals surface area contributed by atoms with Gasteiger partial charge in [0.1, 0.15) is 0 Å². The summed E-state index contributed by atoms with van der Waals surface area (Å²) in [6.07, 6.45) is 5.54. The van der Waals surface area contributed by atoms with Crippen molar-refractivity contribution in [2.45, 2.75) is 56.9 Å². The quantitative estimate of drug-likeness (QED) is 0.257. The number of halogens is 1. The molecule has 3 N–H and O–H groups in total. The number of aliphatic imine (C=N–C) groups is 1. The molecule has 0 aromatic heterocycles. The van der Waals surface area contributed by atoms with E-state index >= 15 is 0 Å². The Bertz CT molecular complexity index is 840. The first-order valence-electron chi connectivity index (χ1n) is 11.0. The summed E-state index contributed by atoms with van der Waals surface area (Å²) in [5, 5.41) is 9.33. The van der Waals surface area contributed by atoms with Gasteiger partial charge in [-0.3, -0.25) is 9.79 Å². The molecule has 0 spiro atoms. The number of nitrogens with one attached hydrogen (secondary N) is 3. The van der Waals surface area contributed by atoms with Gasteiger partial charge < -0.3 is 16.0 Å². The van der Waals surface area contributed by atoms with Gasteiger partial charge in [0, 0.05) is 31.0 Å². The fourth-order valence-corrected chi connectivity index (χ4v) is 6.13. The third-order valence-corrected chi connectivity index (χ3v) is 7.84. The molecule has 1 unspecified atom stereocenters. The van der Waals surface area contributed by atoms with Crippen LogP contribution in [0.2, 0.25) is 0 Å². The van der Waals surface area contributed by atoms with Crippen molar-refractivity contribution in [2.24, 2.45) is 4.99 Å². The van der Waals surface area contributed by atoms with Crippen LogP contribution in [0.25, 0.3) is 0 Å². The highest BCUT2D eigenvalue weighted by Gasteiger charge is 2.35. The first-order valence-corrected chi connectivity index (χ1v) is 12.8. The van der Waals surface area contributed by atoms with Crippen LogP contribution in [0, 0.1) is 0 Å². The second-order valence-electron chi connectivity index (χ2n) is 8.39. The lowest BCUT2D eigenvalue weighted by Gasteiger charge is -2.28. The first kappa shape index (κ1) is 25.9. The average molecular weight is 563 g/mol. The van der Waals surface area contributed by atoms with E-state index in [1.165, 1.54) is 18.4 Å². The van der Waals surface area contributed by atoms with Crippen molar-refractivity contribution in [3.05, 3.63) is 35.9 Å². The van der Waals surface area contributed by atoms with E-state index in [1.54, 1.807) is 0 Å². The topological polar surface area (TPSA) is 99.7 Å². The van der Waals surface area contributed by atoms with E-state index in [2.05, 4.69) is 40.2 Å². The molecule has 174 valence electrons. The Balaban J connectivity index is 0.00000341. The van der Waals surface area contributed by atoms with Gasteiger partial charge in [0.15, 0.2) is 15.8 Å². The Labute approximate surface area is 203 Å². The summed E-state index contributed by atoms with van der Waals surface area (Å²) < 4.78 is 23.0. The molecule has 1 heterocycles. The molecule has 1 saturated carbocycles. The van der Waals surface area contributed by atoms with Gasteiger partial charge in [-0.2, -0.15) is 0 Å². The smallest absolute Gasteiger partial charge is 0.222 e. The Kier molecular flexibility index (Phi) is 10.1. The predicted octanol–water partition coefficient (Wildman–Crippen LogP) is 2.36. The van der Waals surface area contributed by atoms with Crippen molar-refractivity contribution in [3.8, 4) is 0 Å². The molecular formula is C22H35IN4O3S. The van der Waals surface area contributed by atoms with Crippen molar-refractivity contribution >= 4 is 45.7 Å². The van der Waals surface area contributed by atoms with Gasteiger partial charge in [0.2, 0.25) is 5.91 Å². The molecule has 31 heavy (non-hydrogen) atoms. The molecule has 7 nitrogen and oxygen atoms in total. The van der Waals surface area contributed by atoms with Crippen LogP contribution in [0.15, 0.2) is 35.3 Å². The molecular weight excluding hydrogens is 527 g/mol. The van der Waals surface area contributed by atoms with Crippen molar-refractivity contribution in [2.75, 3.05) is 31.1 Å². The number of benzene rings is 1. The van der Waals surface area contributed by atoms with Gasteiger partial charge in [-0.25, -0.2) is 8.42 Å². The fourth-order valence-electron chi connectivity index (χ4n) is 4.46. The third kappa shape index (κ3) is 7.62. The Hall–Kier alpha value is -1.36. The largest absolute Gasteiger partial charge is 0.357 e. The van der Waals surface area contributed by atoms with Crippen molar-refractivity contribution in [1.82, 2.24) is 16.0 Å². The normalized spacial score (nSPS) is 21.8. The molecule has 1 amide bonds. The van der Waals surface area contributed by atoms with Gasteiger partial charge in [0.05, 0.1) is 18.1 Å². The molecule has 0 radical (unpaired) electrons. The zero-order valence-electron chi connectivity index (χ0n) is 18.2. The fraction of sp³-hybridized carbons (Fsp3) is 0.636. The number of hydrogen-bond donors (Lipinski definition) is 3. The Morgan fingerprint density at radius 3 is 2.48 bits per heavy atom. The van der Waals surface area contributed by atoms with Gasteiger partial charge >= 0.3 is 0 Å². The summed E-state index contributed by atoms with van der Waals surface area (Å²) in [6, 6.07) is 10.4. The number of hydrogen-bond acceptors (Lipinski definition) is 4. The van der Waals surface area contributed by atoms with Crippen LogP contribution < -0.4 is 16.0 Å². The van der Waals surface area contributed by atoms with E-state index in [0.717, 1.165) is 31.9 Å². The van der Waals surface area contributed by atoms with E-state index in [1.807, 2.05) is 13.0 Å². The van der Waals surface area contributed by atoms with Crippen molar-refractivity contribution in [1.29, 1.82) is 0 Å². The van der Waals surface area contributed by atoms with Crippen LogP contribution in [0.1, 0.15) is 51.0 Å². The second-order valence-corrected chi connectivity index (χ2v) is 10.6. The lowest BCUT2D eigenvalue weighted by Crippen LogP contribution is -2.42. The predicted molar refractivity (Wildman–Crippen MR) is 136 cm³/mol. The average Bonchev–Trinajstić information content (AvgIpc) is 3.34. The minimum Gasteiger partial charge on any atom is -0.357 e. The Morgan fingerprint density at radius 1 is 1.16 bits per heavy atom. The molecule has 3 rings (SSSR count). The molecule has 9 heteroatoms. The molecule has 1 atom stereocenters.